The number of nitrogens with zero attached hydrogens (tertiary/aromatic N) is 1. The van der Waals surface area contributed by atoms with Gasteiger partial charge in [-0.15, -0.1) is 0 Å². The standard InChI is InChI=1S/C19H37N3O8/c1-18(2,3)29-15(23)20-7-11-27-13-9-22(17(25)26)10-14-28-12-8-21-16(24)30-19(4,5)6/h7-14H2,1-6H3,(H,20,23)(H,21,24)(H,25,26). The molecule has 0 aromatic heterocycles. The van der Waals surface area contributed by atoms with Crippen LogP contribution in [0.3, 0.4) is 0 Å². The Morgan fingerprint density at radius 1 is 0.733 bits per heavy atom. The first-order valence-corrected chi connectivity index (χ1v) is 9.87. The van der Waals surface area contributed by atoms with E-state index in [0.29, 0.717) is 0 Å². The van der Waals surface area contributed by atoms with E-state index in [4.69, 9.17) is 18.9 Å². The van der Waals surface area contributed by atoms with Crippen molar-refractivity contribution in [3.8, 4) is 0 Å². The third kappa shape index (κ3) is 17.8. The van der Waals surface area contributed by atoms with Crippen LogP contribution < -0.4 is 10.6 Å². The number of amides is 3. The minimum Gasteiger partial charge on any atom is -0.465 e. The molecule has 11 heteroatoms. The lowest BCUT2D eigenvalue weighted by molar-refractivity contribution is 0.0475. The molecule has 30 heavy (non-hydrogen) atoms. The summed E-state index contributed by atoms with van der Waals surface area (Å²) in [6, 6.07) is 0. The van der Waals surface area contributed by atoms with Crippen molar-refractivity contribution in [1.82, 2.24) is 15.5 Å². The number of rotatable bonds is 12. The molecule has 0 radical (unpaired) electrons. The van der Waals surface area contributed by atoms with Crippen molar-refractivity contribution in [2.24, 2.45) is 0 Å². The molecule has 3 amide bonds. The number of alkyl carbamates (subject to hydrolysis) is 2. The molecule has 3 N–H and O–H groups in total. The summed E-state index contributed by atoms with van der Waals surface area (Å²) in [6.45, 7) is 12.3. The fourth-order valence-electron chi connectivity index (χ4n) is 1.94. The van der Waals surface area contributed by atoms with Crippen molar-refractivity contribution in [1.29, 1.82) is 0 Å². The van der Waals surface area contributed by atoms with Crippen LogP contribution >= 0.6 is 0 Å². The van der Waals surface area contributed by atoms with Crippen LogP contribution in [0.5, 0.6) is 0 Å². The minimum absolute atomic E-state index is 0.168. The topological polar surface area (TPSA) is 136 Å². The van der Waals surface area contributed by atoms with Gasteiger partial charge in [-0.05, 0) is 41.5 Å². The van der Waals surface area contributed by atoms with E-state index in [2.05, 4.69) is 10.6 Å². The molecule has 0 aliphatic carbocycles. The van der Waals surface area contributed by atoms with Crippen molar-refractivity contribution < 1.29 is 38.4 Å². The van der Waals surface area contributed by atoms with Crippen molar-refractivity contribution >= 4 is 18.3 Å². The summed E-state index contributed by atoms with van der Waals surface area (Å²) in [4.78, 5) is 35.3. The highest BCUT2D eigenvalue weighted by atomic mass is 16.6. The number of carbonyl (C=O) groups is 3. The van der Waals surface area contributed by atoms with E-state index in [0.717, 1.165) is 0 Å². The predicted molar refractivity (Wildman–Crippen MR) is 110 cm³/mol. The summed E-state index contributed by atoms with van der Waals surface area (Å²) >= 11 is 0. The van der Waals surface area contributed by atoms with Crippen LogP contribution in [-0.2, 0) is 18.9 Å². The number of nitrogens with one attached hydrogen (secondary N) is 2. The lowest BCUT2D eigenvalue weighted by Crippen LogP contribution is -2.37. The molecule has 0 spiro atoms. The summed E-state index contributed by atoms with van der Waals surface area (Å²) in [5, 5.41) is 14.3. The molecular formula is C19H37N3O8. The van der Waals surface area contributed by atoms with Crippen LogP contribution in [0.2, 0.25) is 0 Å². The van der Waals surface area contributed by atoms with Gasteiger partial charge in [0, 0.05) is 26.2 Å². The van der Waals surface area contributed by atoms with E-state index in [1.54, 1.807) is 41.5 Å². The van der Waals surface area contributed by atoms with Gasteiger partial charge >= 0.3 is 18.3 Å². The lowest BCUT2D eigenvalue weighted by Gasteiger charge is -2.20. The zero-order valence-corrected chi connectivity index (χ0v) is 18.9. The molecular weight excluding hydrogens is 398 g/mol. The van der Waals surface area contributed by atoms with Crippen LogP contribution in [-0.4, -0.2) is 92.1 Å². The van der Waals surface area contributed by atoms with Gasteiger partial charge in [0.25, 0.3) is 0 Å². The van der Waals surface area contributed by atoms with Gasteiger partial charge in [-0.2, -0.15) is 0 Å². The Kier molecular flexibility index (Phi) is 12.8. The number of hydrogen-bond donors (Lipinski definition) is 3. The molecule has 176 valence electrons. The molecule has 0 unspecified atom stereocenters. The Hall–Kier alpha value is -2.27. The van der Waals surface area contributed by atoms with E-state index in [1.807, 2.05) is 0 Å². The average Bonchev–Trinajstić information content (AvgIpc) is 2.55. The van der Waals surface area contributed by atoms with Gasteiger partial charge < -0.3 is 39.6 Å². The van der Waals surface area contributed by atoms with Crippen LogP contribution in [0.15, 0.2) is 0 Å². The highest BCUT2D eigenvalue weighted by Crippen LogP contribution is 2.06. The second-order valence-electron chi connectivity index (χ2n) is 8.35. The Morgan fingerprint density at radius 2 is 1.10 bits per heavy atom. The van der Waals surface area contributed by atoms with Gasteiger partial charge in [0.05, 0.1) is 26.4 Å². The maximum absolute atomic E-state index is 11.5. The fraction of sp³-hybridized carbons (Fsp3) is 0.842. The molecule has 0 aliphatic rings. The van der Waals surface area contributed by atoms with Crippen LogP contribution in [0.25, 0.3) is 0 Å². The first kappa shape index (κ1) is 27.7. The fourth-order valence-corrected chi connectivity index (χ4v) is 1.94. The Morgan fingerprint density at radius 3 is 1.40 bits per heavy atom. The van der Waals surface area contributed by atoms with E-state index in [-0.39, 0.29) is 52.6 Å². The summed E-state index contributed by atoms with van der Waals surface area (Å²) in [6.07, 6.45) is -2.14. The number of hydrogen-bond acceptors (Lipinski definition) is 7. The second-order valence-corrected chi connectivity index (χ2v) is 8.35. The quantitative estimate of drug-likeness (QED) is 0.396. The number of carbonyl (C=O) groups excluding carboxylic acids is 2. The van der Waals surface area contributed by atoms with Gasteiger partial charge in [-0.1, -0.05) is 0 Å². The highest BCUT2D eigenvalue weighted by Gasteiger charge is 2.16. The molecule has 11 nitrogen and oxygen atoms in total. The summed E-state index contributed by atoms with van der Waals surface area (Å²) < 4.78 is 20.8. The van der Waals surface area contributed by atoms with Gasteiger partial charge in [0.15, 0.2) is 0 Å². The van der Waals surface area contributed by atoms with Gasteiger partial charge in [0.2, 0.25) is 0 Å². The Balaban J connectivity index is 3.81. The third-order valence-electron chi connectivity index (χ3n) is 3.11. The molecule has 0 fully saturated rings. The Labute approximate surface area is 178 Å². The summed E-state index contributed by atoms with van der Waals surface area (Å²) in [5.41, 5.74) is -1.14. The molecule has 0 bridgehead atoms. The predicted octanol–water partition coefficient (Wildman–Crippen LogP) is 2.05. The lowest BCUT2D eigenvalue weighted by atomic mass is 10.2. The molecule has 0 aromatic rings. The largest absolute Gasteiger partial charge is 0.465 e. The van der Waals surface area contributed by atoms with E-state index < -0.39 is 29.5 Å². The zero-order chi connectivity index (χ0) is 23.2. The number of carboxylic acid groups (broad SMARTS) is 1. The first-order valence-electron chi connectivity index (χ1n) is 9.87. The molecule has 0 atom stereocenters. The monoisotopic (exact) mass is 435 g/mol. The normalized spacial score (nSPS) is 11.5. The maximum Gasteiger partial charge on any atom is 0.407 e. The number of ether oxygens (including phenoxy) is 4. The summed E-state index contributed by atoms with van der Waals surface area (Å²) in [7, 11) is 0. The van der Waals surface area contributed by atoms with E-state index in [1.165, 1.54) is 4.90 Å². The second kappa shape index (κ2) is 13.9. The van der Waals surface area contributed by atoms with Gasteiger partial charge in [-0.3, -0.25) is 0 Å². The minimum atomic E-state index is -1.08. The van der Waals surface area contributed by atoms with E-state index >= 15 is 0 Å². The molecule has 0 rings (SSSR count). The first-order chi connectivity index (χ1) is 13.8. The van der Waals surface area contributed by atoms with Gasteiger partial charge in [-0.25, -0.2) is 14.4 Å². The SMILES string of the molecule is CC(C)(C)OC(=O)NCCOCCN(CCOCCNC(=O)OC(C)(C)C)C(=O)O. The molecule has 0 aromatic carbocycles. The van der Waals surface area contributed by atoms with Crippen molar-refractivity contribution in [2.45, 2.75) is 52.7 Å². The van der Waals surface area contributed by atoms with Crippen molar-refractivity contribution in [3.63, 3.8) is 0 Å². The highest BCUT2D eigenvalue weighted by molar-refractivity contribution is 5.68. The molecule has 0 aliphatic heterocycles. The summed E-state index contributed by atoms with van der Waals surface area (Å²) in [5.74, 6) is 0. The average molecular weight is 436 g/mol. The maximum atomic E-state index is 11.5. The Bertz CT molecular complexity index is 489. The molecule has 0 heterocycles. The zero-order valence-electron chi connectivity index (χ0n) is 18.9. The molecule has 0 saturated carbocycles. The van der Waals surface area contributed by atoms with Crippen molar-refractivity contribution in [2.75, 3.05) is 52.6 Å². The smallest absolute Gasteiger partial charge is 0.407 e. The van der Waals surface area contributed by atoms with Crippen LogP contribution in [0, 0.1) is 0 Å². The van der Waals surface area contributed by atoms with Crippen LogP contribution in [0.4, 0.5) is 14.4 Å². The molecule has 0 saturated heterocycles. The van der Waals surface area contributed by atoms with Gasteiger partial charge in [0.1, 0.15) is 11.2 Å². The van der Waals surface area contributed by atoms with Crippen LogP contribution in [0.1, 0.15) is 41.5 Å². The van der Waals surface area contributed by atoms with E-state index in [9.17, 15) is 19.5 Å². The van der Waals surface area contributed by atoms with Crippen molar-refractivity contribution in [3.05, 3.63) is 0 Å². The third-order valence-corrected chi connectivity index (χ3v) is 3.11.